The van der Waals surface area contributed by atoms with E-state index in [1.807, 2.05) is 24.3 Å². The minimum Gasteiger partial charge on any atom is -0.486 e. The van der Waals surface area contributed by atoms with Crippen molar-refractivity contribution < 1.29 is 13.9 Å². The van der Waals surface area contributed by atoms with Gasteiger partial charge in [-0.05, 0) is 37.1 Å². The molecule has 1 atom stereocenters. The first-order valence-electron chi connectivity index (χ1n) is 7.57. The molecule has 1 unspecified atom stereocenters. The monoisotopic (exact) mass is 316 g/mol. The Bertz CT molecular complexity index is 661. The fourth-order valence-electron chi connectivity index (χ4n) is 2.15. The number of benzene rings is 2. The number of anilines is 1. The van der Waals surface area contributed by atoms with Crippen molar-refractivity contribution in [3.63, 3.8) is 0 Å². The van der Waals surface area contributed by atoms with E-state index in [-0.39, 0.29) is 17.8 Å². The predicted octanol–water partition coefficient (Wildman–Crippen LogP) is 2.92. The summed E-state index contributed by atoms with van der Waals surface area (Å²) in [6.07, 6.45) is 0.611. The molecule has 1 amide bonds. The number of carbonyl (C=O) groups excluding carboxylic acids is 1. The zero-order chi connectivity index (χ0) is 16.7. The van der Waals surface area contributed by atoms with Crippen molar-refractivity contribution >= 4 is 11.6 Å². The van der Waals surface area contributed by atoms with Crippen LogP contribution in [-0.4, -0.2) is 18.6 Å². The molecular formula is C18H21FN2O2. The summed E-state index contributed by atoms with van der Waals surface area (Å²) < 4.78 is 18.9. The highest BCUT2D eigenvalue weighted by Gasteiger charge is 2.10. The summed E-state index contributed by atoms with van der Waals surface area (Å²) in [6, 6.07) is 13.7. The zero-order valence-electron chi connectivity index (χ0n) is 13.1. The molecule has 0 fully saturated rings. The molecule has 2 rings (SSSR count). The largest absolute Gasteiger partial charge is 0.486 e. The van der Waals surface area contributed by atoms with Crippen LogP contribution in [0, 0.1) is 5.82 Å². The molecular weight excluding hydrogens is 295 g/mol. The second-order valence-electron chi connectivity index (χ2n) is 5.36. The lowest BCUT2D eigenvalue weighted by Gasteiger charge is -2.16. The summed E-state index contributed by atoms with van der Waals surface area (Å²) in [6.45, 7) is 2.10. The molecule has 0 aromatic heterocycles. The van der Waals surface area contributed by atoms with Gasteiger partial charge in [0.1, 0.15) is 6.10 Å². The lowest BCUT2D eigenvalue weighted by atomic mass is 10.1. The number of halogens is 1. The van der Waals surface area contributed by atoms with Gasteiger partial charge in [-0.2, -0.15) is 0 Å². The Labute approximate surface area is 135 Å². The second-order valence-corrected chi connectivity index (χ2v) is 5.36. The number of hydrogen-bond donors (Lipinski definition) is 2. The normalized spacial score (nSPS) is 11.7. The van der Waals surface area contributed by atoms with Crippen molar-refractivity contribution in [3.05, 3.63) is 59.9 Å². The quantitative estimate of drug-likeness (QED) is 0.772. The second kappa shape index (κ2) is 8.17. The smallest absolute Gasteiger partial charge is 0.220 e. The van der Waals surface area contributed by atoms with Crippen LogP contribution in [0.2, 0.25) is 0 Å². The third-order valence-corrected chi connectivity index (χ3v) is 3.43. The van der Waals surface area contributed by atoms with Gasteiger partial charge in [-0.3, -0.25) is 4.79 Å². The highest BCUT2D eigenvalue weighted by molar-refractivity contribution is 5.76. The molecule has 5 heteroatoms. The van der Waals surface area contributed by atoms with Gasteiger partial charge in [0.15, 0.2) is 11.6 Å². The topological polar surface area (TPSA) is 64.4 Å². The Morgan fingerprint density at radius 1 is 1.22 bits per heavy atom. The van der Waals surface area contributed by atoms with E-state index in [9.17, 15) is 9.18 Å². The standard InChI is InChI=1S/C18H21FN2O2/c1-13(23-17-9-5-3-7-15(17)19)12-21-18(22)11-10-14-6-2-4-8-16(14)20/h2-9,13H,10-12,20H2,1H3,(H,21,22). The van der Waals surface area contributed by atoms with Crippen LogP contribution in [0.5, 0.6) is 5.75 Å². The van der Waals surface area contributed by atoms with Crippen molar-refractivity contribution in [3.8, 4) is 5.75 Å². The average Bonchev–Trinajstić information content (AvgIpc) is 2.54. The number of para-hydroxylation sites is 2. The van der Waals surface area contributed by atoms with E-state index in [0.717, 1.165) is 5.56 Å². The highest BCUT2D eigenvalue weighted by atomic mass is 19.1. The molecule has 23 heavy (non-hydrogen) atoms. The lowest BCUT2D eigenvalue weighted by Crippen LogP contribution is -2.33. The van der Waals surface area contributed by atoms with Crippen molar-refractivity contribution in [1.82, 2.24) is 5.32 Å². The van der Waals surface area contributed by atoms with Crippen LogP contribution in [0.4, 0.5) is 10.1 Å². The van der Waals surface area contributed by atoms with Gasteiger partial charge in [-0.1, -0.05) is 30.3 Å². The molecule has 0 heterocycles. The van der Waals surface area contributed by atoms with Crippen LogP contribution in [0.3, 0.4) is 0 Å². The van der Waals surface area contributed by atoms with Gasteiger partial charge < -0.3 is 15.8 Å². The zero-order valence-corrected chi connectivity index (χ0v) is 13.1. The van der Waals surface area contributed by atoms with Crippen molar-refractivity contribution in [1.29, 1.82) is 0 Å². The van der Waals surface area contributed by atoms with Crippen LogP contribution >= 0.6 is 0 Å². The van der Waals surface area contributed by atoms with Crippen molar-refractivity contribution in [2.75, 3.05) is 12.3 Å². The number of carbonyl (C=O) groups is 1. The molecule has 0 saturated carbocycles. The Morgan fingerprint density at radius 2 is 1.91 bits per heavy atom. The third kappa shape index (κ3) is 5.29. The van der Waals surface area contributed by atoms with E-state index >= 15 is 0 Å². The maximum absolute atomic E-state index is 13.5. The maximum atomic E-state index is 13.5. The highest BCUT2D eigenvalue weighted by Crippen LogP contribution is 2.17. The summed E-state index contributed by atoms with van der Waals surface area (Å²) in [7, 11) is 0. The van der Waals surface area contributed by atoms with Crippen LogP contribution in [0.1, 0.15) is 18.9 Å². The molecule has 0 saturated heterocycles. The summed E-state index contributed by atoms with van der Waals surface area (Å²) in [5, 5.41) is 2.78. The van der Waals surface area contributed by atoms with Crippen LogP contribution in [0.15, 0.2) is 48.5 Å². The molecule has 0 aliphatic carbocycles. The van der Waals surface area contributed by atoms with Gasteiger partial charge in [0.2, 0.25) is 5.91 Å². The number of hydrogen-bond acceptors (Lipinski definition) is 3. The number of ether oxygens (including phenoxy) is 1. The van der Waals surface area contributed by atoms with E-state index < -0.39 is 5.82 Å². The Kier molecular flexibility index (Phi) is 5.97. The summed E-state index contributed by atoms with van der Waals surface area (Å²) >= 11 is 0. The fourth-order valence-corrected chi connectivity index (χ4v) is 2.15. The first-order chi connectivity index (χ1) is 11.1. The molecule has 0 aliphatic heterocycles. The predicted molar refractivity (Wildman–Crippen MR) is 88.7 cm³/mol. The number of nitrogen functional groups attached to an aromatic ring is 1. The van der Waals surface area contributed by atoms with Gasteiger partial charge in [-0.15, -0.1) is 0 Å². The molecule has 0 bridgehead atoms. The molecule has 2 aromatic carbocycles. The number of nitrogens with one attached hydrogen (secondary N) is 1. The fraction of sp³-hybridized carbons (Fsp3) is 0.278. The number of nitrogens with two attached hydrogens (primary N) is 1. The van der Waals surface area contributed by atoms with E-state index in [1.54, 1.807) is 25.1 Å². The van der Waals surface area contributed by atoms with Gasteiger partial charge >= 0.3 is 0 Å². The summed E-state index contributed by atoms with van der Waals surface area (Å²) in [5.41, 5.74) is 7.49. The van der Waals surface area contributed by atoms with Crippen LogP contribution in [-0.2, 0) is 11.2 Å². The Morgan fingerprint density at radius 3 is 2.65 bits per heavy atom. The Hall–Kier alpha value is -2.56. The molecule has 4 nitrogen and oxygen atoms in total. The lowest BCUT2D eigenvalue weighted by molar-refractivity contribution is -0.121. The molecule has 0 aliphatic rings. The number of aryl methyl sites for hydroxylation is 1. The maximum Gasteiger partial charge on any atom is 0.220 e. The van der Waals surface area contributed by atoms with Crippen molar-refractivity contribution in [2.24, 2.45) is 0 Å². The van der Waals surface area contributed by atoms with Crippen molar-refractivity contribution in [2.45, 2.75) is 25.9 Å². The minimum absolute atomic E-state index is 0.0859. The summed E-state index contributed by atoms with van der Waals surface area (Å²) in [4.78, 5) is 11.9. The van der Waals surface area contributed by atoms with Crippen LogP contribution in [0.25, 0.3) is 0 Å². The van der Waals surface area contributed by atoms with Gasteiger partial charge in [0.25, 0.3) is 0 Å². The first kappa shape index (κ1) is 16.8. The molecule has 0 radical (unpaired) electrons. The van der Waals surface area contributed by atoms with Gasteiger partial charge in [0, 0.05) is 12.1 Å². The van der Waals surface area contributed by atoms with E-state index in [2.05, 4.69) is 5.32 Å². The average molecular weight is 316 g/mol. The van der Waals surface area contributed by atoms with E-state index in [1.165, 1.54) is 6.07 Å². The molecule has 3 N–H and O–H groups in total. The number of amides is 1. The summed E-state index contributed by atoms with van der Waals surface area (Å²) in [5.74, 6) is -0.311. The molecule has 122 valence electrons. The van der Waals surface area contributed by atoms with E-state index in [0.29, 0.717) is 25.1 Å². The van der Waals surface area contributed by atoms with Gasteiger partial charge in [-0.25, -0.2) is 4.39 Å². The van der Waals surface area contributed by atoms with Crippen LogP contribution < -0.4 is 15.8 Å². The SMILES string of the molecule is CC(CNC(=O)CCc1ccccc1N)Oc1ccccc1F. The minimum atomic E-state index is -0.412. The first-order valence-corrected chi connectivity index (χ1v) is 7.57. The third-order valence-electron chi connectivity index (χ3n) is 3.43. The van der Waals surface area contributed by atoms with E-state index in [4.69, 9.17) is 10.5 Å². The van der Waals surface area contributed by atoms with Gasteiger partial charge in [0.05, 0.1) is 6.54 Å². The molecule has 0 spiro atoms. The number of rotatable bonds is 7. The molecule has 2 aromatic rings. The Balaban J connectivity index is 1.74.